The summed E-state index contributed by atoms with van der Waals surface area (Å²) in [6, 6.07) is 9.46. The molecular weight excluding hydrogens is 324 g/mol. The number of nitrogens with one attached hydrogen (secondary N) is 2. The van der Waals surface area contributed by atoms with E-state index in [1.54, 1.807) is 29.8 Å². The van der Waals surface area contributed by atoms with Crippen molar-refractivity contribution >= 4 is 39.7 Å². The zero-order valence-corrected chi connectivity index (χ0v) is 13.2. The molecule has 4 aromatic rings. The zero-order valence-electron chi connectivity index (χ0n) is 12.4. The lowest BCUT2D eigenvalue weighted by atomic mass is 10.2. The highest BCUT2D eigenvalue weighted by molar-refractivity contribution is 7.13. The molecule has 0 radical (unpaired) electrons. The molecular formula is C16H12N6OS. The molecule has 0 atom stereocenters. The van der Waals surface area contributed by atoms with Crippen LogP contribution >= 0.6 is 11.3 Å². The van der Waals surface area contributed by atoms with Crippen molar-refractivity contribution in [1.82, 2.24) is 20.2 Å². The fraction of sp³-hybridized carbons (Fsp3) is 0. The summed E-state index contributed by atoms with van der Waals surface area (Å²) in [4.78, 5) is 21.2. The summed E-state index contributed by atoms with van der Waals surface area (Å²) in [5, 5.41) is 12.6. The second kappa shape index (κ2) is 5.74. The van der Waals surface area contributed by atoms with Crippen molar-refractivity contribution in [3.8, 4) is 10.6 Å². The quantitative estimate of drug-likeness (QED) is 0.531. The SMILES string of the molecule is NC(=O)c1n[nH]c2ccc(Nc3cncc(-c4cccs4)n3)cc12. The van der Waals surface area contributed by atoms with Gasteiger partial charge in [-0.25, -0.2) is 4.98 Å². The molecule has 0 aliphatic heterocycles. The number of aromatic nitrogens is 4. The smallest absolute Gasteiger partial charge is 0.269 e. The van der Waals surface area contributed by atoms with Crippen molar-refractivity contribution in [2.24, 2.45) is 5.73 Å². The summed E-state index contributed by atoms with van der Waals surface area (Å²) < 4.78 is 0. The Morgan fingerprint density at radius 2 is 2.17 bits per heavy atom. The maximum Gasteiger partial charge on any atom is 0.269 e. The molecule has 8 heteroatoms. The van der Waals surface area contributed by atoms with Gasteiger partial charge in [-0.1, -0.05) is 6.07 Å². The summed E-state index contributed by atoms with van der Waals surface area (Å²) in [5.41, 5.74) is 7.87. The van der Waals surface area contributed by atoms with Gasteiger partial charge in [0.1, 0.15) is 11.5 Å². The van der Waals surface area contributed by atoms with Gasteiger partial charge in [0.25, 0.3) is 5.91 Å². The van der Waals surface area contributed by atoms with Crippen molar-refractivity contribution < 1.29 is 4.79 Å². The molecule has 1 aromatic carbocycles. The van der Waals surface area contributed by atoms with Crippen LogP contribution in [0.25, 0.3) is 21.5 Å². The minimum atomic E-state index is -0.571. The van der Waals surface area contributed by atoms with Gasteiger partial charge >= 0.3 is 0 Å². The average Bonchev–Trinajstić information content (AvgIpc) is 3.24. The summed E-state index contributed by atoms with van der Waals surface area (Å²) in [7, 11) is 0. The first-order valence-electron chi connectivity index (χ1n) is 7.11. The molecule has 0 spiro atoms. The highest BCUT2D eigenvalue weighted by Gasteiger charge is 2.11. The number of aromatic amines is 1. The summed E-state index contributed by atoms with van der Waals surface area (Å²) in [6.07, 6.45) is 3.37. The Morgan fingerprint density at radius 1 is 1.25 bits per heavy atom. The summed E-state index contributed by atoms with van der Waals surface area (Å²) in [5.74, 6) is 0.0438. The molecule has 3 heterocycles. The van der Waals surface area contributed by atoms with Gasteiger partial charge in [-0.05, 0) is 29.6 Å². The number of carbonyl (C=O) groups is 1. The van der Waals surface area contributed by atoms with Crippen molar-refractivity contribution in [2.75, 3.05) is 5.32 Å². The number of thiophene rings is 1. The number of rotatable bonds is 4. The third-order valence-electron chi connectivity index (χ3n) is 3.48. The molecule has 0 fully saturated rings. The van der Waals surface area contributed by atoms with Crippen LogP contribution in [0.3, 0.4) is 0 Å². The number of hydrogen-bond donors (Lipinski definition) is 3. The van der Waals surface area contributed by atoms with E-state index in [4.69, 9.17) is 5.73 Å². The van der Waals surface area contributed by atoms with Crippen LogP contribution in [0.4, 0.5) is 11.5 Å². The third-order valence-corrected chi connectivity index (χ3v) is 4.37. The van der Waals surface area contributed by atoms with Crippen LogP contribution in [-0.2, 0) is 0 Å². The van der Waals surface area contributed by atoms with E-state index in [0.29, 0.717) is 11.2 Å². The second-order valence-corrected chi connectivity index (χ2v) is 6.04. The van der Waals surface area contributed by atoms with Gasteiger partial charge in [0.15, 0.2) is 5.69 Å². The third kappa shape index (κ3) is 2.59. The Bertz CT molecular complexity index is 1020. The Hall–Kier alpha value is -3.26. The molecule has 24 heavy (non-hydrogen) atoms. The zero-order chi connectivity index (χ0) is 16.5. The maximum atomic E-state index is 11.4. The van der Waals surface area contributed by atoms with E-state index in [2.05, 4.69) is 25.5 Å². The van der Waals surface area contributed by atoms with Crippen molar-refractivity contribution in [3.05, 3.63) is 53.8 Å². The monoisotopic (exact) mass is 336 g/mol. The summed E-state index contributed by atoms with van der Waals surface area (Å²) >= 11 is 1.61. The first-order chi connectivity index (χ1) is 11.7. The number of carbonyl (C=O) groups excluding carboxylic acids is 1. The molecule has 0 aliphatic carbocycles. The van der Waals surface area contributed by atoms with Gasteiger partial charge in [-0.3, -0.25) is 14.9 Å². The highest BCUT2D eigenvalue weighted by atomic mass is 32.1. The lowest BCUT2D eigenvalue weighted by Gasteiger charge is -2.06. The van der Waals surface area contributed by atoms with Crippen molar-refractivity contribution in [1.29, 1.82) is 0 Å². The van der Waals surface area contributed by atoms with Crippen LogP contribution in [0.15, 0.2) is 48.1 Å². The van der Waals surface area contributed by atoms with Crippen LogP contribution in [0, 0.1) is 0 Å². The predicted molar refractivity (Wildman–Crippen MR) is 93.2 cm³/mol. The number of nitrogens with two attached hydrogens (primary N) is 1. The summed E-state index contributed by atoms with van der Waals surface area (Å²) in [6.45, 7) is 0. The Labute approximate surface area is 140 Å². The normalized spacial score (nSPS) is 10.8. The van der Waals surface area contributed by atoms with E-state index in [9.17, 15) is 4.79 Å². The van der Waals surface area contributed by atoms with Gasteiger partial charge < -0.3 is 11.1 Å². The molecule has 4 N–H and O–H groups in total. The molecule has 118 valence electrons. The van der Waals surface area contributed by atoms with E-state index >= 15 is 0 Å². The highest BCUT2D eigenvalue weighted by Crippen LogP contribution is 2.25. The molecule has 4 rings (SSSR count). The maximum absolute atomic E-state index is 11.4. The number of benzene rings is 1. The molecule has 0 saturated carbocycles. The van der Waals surface area contributed by atoms with Crippen LogP contribution in [0.5, 0.6) is 0 Å². The standard InChI is InChI=1S/C16H12N6OS/c17-16(23)15-10-6-9(3-4-11(10)21-22-15)19-14-8-18-7-12(20-14)13-2-1-5-24-13/h1-8H,(H2,17,23)(H,19,20)(H,21,22). The lowest BCUT2D eigenvalue weighted by molar-refractivity contribution is 0.0997. The largest absolute Gasteiger partial charge is 0.364 e. The number of nitrogens with zero attached hydrogens (tertiary/aromatic N) is 3. The van der Waals surface area contributed by atoms with Crippen LogP contribution in [0.1, 0.15) is 10.5 Å². The van der Waals surface area contributed by atoms with Crippen LogP contribution in [-0.4, -0.2) is 26.1 Å². The van der Waals surface area contributed by atoms with Gasteiger partial charge in [0, 0.05) is 11.1 Å². The first-order valence-corrected chi connectivity index (χ1v) is 7.99. The number of amides is 1. The Morgan fingerprint density at radius 3 is 2.96 bits per heavy atom. The van der Waals surface area contributed by atoms with Crippen molar-refractivity contribution in [2.45, 2.75) is 0 Å². The van der Waals surface area contributed by atoms with E-state index in [0.717, 1.165) is 21.8 Å². The van der Waals surface area contributed by atoms with Crippen molar-refractivity contribution in [3.63, 3.8) is 0 Å². The molecule has 1 amide bonds. The van der Waals surface area contributed by atoms with Gasteiger partial charge in [0.2, 0.25) is 0 Å². The van der Waals surface area contributed by atoms with Gasteiger partial charge in [-0.2, -0.15) is 5.10 Å². The number of anilines is 2. The number of fused-ring (bicyclic) bond motifs is 1. The number of hydrogen-bond acceptors (Lipinski definition) is 6. The fourth-order valence-electron chi connectivity index (χ4n) is 2.40. The topological polar surface area (TPSA) is 110 Å². The molecule has 7 nitrogen and oxygen atoms in total. The molecule has 0 unspecified atom stereocenters. The van der Waals surface area contributed by atoms with E-state index in [1.165, 1.54) is 0 Å². The lowest BCUT2D eigenvalue weighted by Crippen LogP contribution is -2.11. The second-order valence-electron chi connectivity index (χ2n) is 5.09. The number of H-pyrrole nitrogens is 1. The predicted octanol–water partition coefficient (Wildman–Crippen LogP) is 2.92. The van der Waals surface area contributed by atoms with E-state index in [1.807, 2.05) is 29.6 Å². The van der Waals surface area contributed by atoms with Gasteiger partial charge in [-0.15, -0.1) is 11.3 Å². The van der Waals surface area contributed by atoms with Crippen LogP contribution in [0.2, 0.25) is 0 Å². The van der Waals surface area contributed by atoms with E-state index in [-0.39, 0.29) is 5.69 Å². The van der Waals surface area contributed by atoms with E-state index < -0.39 is 5.91 Å². The minimum absolute atomic E-state index is 0.215. The molecule has 3 aromatic heterocycles. The fourth-order valence-corrected chi connectivity index (χ4v) is 3.08. The molecule has 0 aliphatic rings. The minimum Gasteiger partial charge on any atom is -0.364 e. The molecule has 0 bridgehead atoms. The Kier molecular flexibility index (Phi) is 3.43. The van der Waals surface area contributed by atoms with Crippen LogP contribution < -0.4 is 11.1 Å². The first kappa shape index (κ1) is 14.3. The molecule has 0 saturated heterocycles. The Balaban J connectivity index is 1.68. The average molecular weight is 336 g/mol. The number of primary amides is 1. The van der Waals surface area contributed by atoms with Gasteiger partial charge in [0.05, 0.1) is 22.8 Å².